The highest BCUT2D eigenvalue weighted by atomic mass is 16.6. The number of aliphatic hydroxyl groups is 1. The first kappa shape index (κ1) is 51.9. The highest BCUT2D eigenvalue weighted by Crippen LogP contribution is 2.17. The molecule has 0 bridgehead atoms. The van der Waals surface area contributed by atoms with E-state index < -0.39 is 6.10 Å². The number of rotatable bonds is 45. The first-order valence-corrected chi connectivity index (χ1v) is 24.1. The van der Waals surface area contributed by atoms with Gasteiger partial charge in [0.15, 0.2) is 6.10 Å². The molecule has 1 N–H and O–H groups in total. The minimum atomic E-state index is -0.760. The SMILES string of the molecule is CCCCCCCCCCCCCCCCCCCCCCCCCCCCCCCCCCC(=O)OC(CO)COC(=O)CCCCCCCCC. The van der Waals surface area contributed by atoms with E-state index in [0.717, 1.165) is 38.5 Å². The normalized spacial score (nSPS) is 12.0. The number of hydrogen-bond acceptors (Lipinski definition) is 5. The van der Waals surface area contributed by atoms with Gasteiger partial charge in [0.25, 0.3) is 0 Å². The van der Waals surface area contributed by atoms with Crippen LogP contribution in [0.3, 0.4) is 0 Å². The predicted molar refractivity (Wildman–Crippen MR) is 229 cm³/mol. The lowest BCUT2D eigenvalue weighted by molar-refractivity contribution is -0.161. The van der Waals surface area contributed by atoms with Crippen molar-refractivity contribution in [1.82, 2.24) is 0 Å². The molecule has 0 aromatic rings. The number of carbonyl (C=O) groups is 2. The van der Waals surface area contributed by atoms with Gasteiger partial charge in [0.05, 0.1) is 6.61 Å². The second-order valence-electron chi connectivity index (χ2n) is 16.6. The maximum Gasteiger partial charge on any atom is 0.306 e. The minimum absolute atomic E-state index is 0.0583. The van der Waals surface area contributed by atoms with E-state index in [2.05, 4.69) is 13.8 Å². The number of aliphatic hydroxyl groups excluding tert-OH is 1. The molecule has 0 aliphatic rings. The summed E-state index contributed by atoms with van der Waals surface area (Å²) in [4.78, 5) is 24.1. The number of hydrogen-bond donors (Lipinski definition) is 1. The van der Waals surface area contributed by atoms with Gasteiger partial charge in [-0.1, -0.05) is 251 Å². The zero-order chi connectivity index (χ0) is 38.6. The van der Waals surface area contributed by atoms with E-state index in [1.165, 1.54) is 212 Å². The lowest BCUT2D eigenvalue weighted by Crippen LogP contribution is -2.28. The highest BCUT2D eigenvalue weighted by Gasteiger charge is 2.16. The molecular weight excluding hydrogens is 657 g/mol. The second kappa shape index (κ2) is 45.3. The molecule has 0 heterocycles. The first-order valence-electron chi connectivity index (χ1n) is 24.1. The van der Waals surface area contributed by atoms with Crippen LogP contribution >= 0.6 is 0 Å². The van der Waals surface area contributed by atoms with Gasteiger partial charge in [-0.3, -0.25) is 9.59 Å². The van der Waals surface area contributed by atoms with Gasteiger partial charge in [0, 0.05) is 12.8 Å². The third kappa shape index (κ3) is 43.5. The van der Waals surface area contributed by atoms with Crippen molar-refractivity contribution in [3.63, 3.8) is 0 Å². The van der Waals surface area contributed by atoms with Gasteiger partial charge in [0.1, 0.15) is 6.61 Å². The van der Waals surface area contributed by atoms with Crippen LogP contribution in [0.1, 0.15) is 277 Å². The average Bonchev–Trinajstić information content (AvgIpc) is 3.16. The Hall–Kier alpha value is -1.10. The Bertz CT molecular complexity index is 725. The molecule has 0 amide bonds. The Kier molecular flexibility index (Phi) is 44.4. The van der Waals surface area contributed by atoms with Crippen LogP contribution in [0.4, 0.5) is 0 Å². The largest absolute Gasteiger partial charge is 0.462 e. The molecule has 0 aromatic heterocycles. The van der Waals surface area contributed by atoms with Crippen molar-refractivity contribution >= 4 is 11.9 Å². The van der Waals surface area contributed by atoms with E-state index in [1.54, 1.807) is 0 Å². The molecule has 0 spiro atoms. The molecule has 1 atom stereocenters. The lowest BCUT2D eigenvalue weighted by Gasteiger charge is -2.15. The summed E-state index contributed by atoms with van der Waals surface area (Å²) in [5.41, 5.74) is 0. The molecule has 316 valence electrons. The fourth-order valence-electron chi connectivity index (χ4n) is 7.50. The van der Waals surface area contributed by atoms with Crippen molar-refractivity contribution in [3.8, 4) is 0 Å². The Morgan fingerprint density at radius 2 is 0.585 bits per heavy atom. The van der Waals surface area contributed by atoms with Crippen molar-refractivity contribution in [1.29, 1.82) is 0 Å². The van der Waals surface area contributed by atoms with Crippen molar-refractivity contribution < 1.29 is 24.2 Å². The van der Waals surface area contributed by atoms with E-state index in [-0.39, 0.29) is 25.2 Å². The Morgan fingerprint density at radius 1 is 0.358 bits per heavy atom. The van der Waals surface area contributed by atoms with Crippen molar-refractivity contribution in [3.05, 3.63) is 0 Å². The Balaban J connectivity index is 3.31. The van der Waals surface area contributed by atoms with E-state index in [0.29, 0.717) is 12.8 Å². The third-order valence-corrected chi connectivity index (χ3v) is 11.2. The molecule has 0 saturated carbocycles. The van der Waals surface area contributed by atoms with Crippen LogP contribution in [-0.2, 0) is 19.1 Å². The molecular formula is C48H94O5. The smallest absolute Gasteiger partial charge is 0.306 e. The average molecular weight is 751 g/mol. The van der Waals surface area contributed by atoms with Crippen LogP contribution < -0.4 is 0 Å². The number of unbranched alkanes of at least 4 members (excludes halogenated alkanes) is 37. The minimum Gasteiger partial charge on any atom is -0.462 e. The molecule has 0 fully saturated rings. The summed E-state index contributed by atoms with van der Waals surface area (Å²) in [6.45, 7) is 4.13. The standard InChI is InChI=1S/C48H94O5/c1-3-5-7-9-11-12-13-14-15-16-17-18-19-20-21-22-23-24-25-26-27-28-29-30-31-32-33-34-35-37-39-41-43-48(51)53-46(44-49)45-52-47(50)42-40-38-36-10-8-6-4-2/h46,49H,3-45H2,1-2H3. The predicted octanol–water partition coefficient (Wildman–Crippen LogP) is 15.5. The molecule has 0 aliphatic carbocycles. The van der Waals surface area contributed by atoms with Gasteiger partial charge in [-0.25, -0.2) is 0 Å². The van der Waals surface area contributed by atoms with E-state index >= 15 is 0 Å². The number of esters is 2. The van der Waals surface area contributed by atoms with Gasteiger partial charge >= 0.3 is 11.9 Å². The summed E-state index contributed by atoms with van der Waals surface area (Å²) in [6.07, 6.45) is 52.4. The second-order valence-corrected chi connectivity index (χ2v) is 16.6. The molecule has 0 aliphatic heterocycles. The van der Waals surface area contributed by atoms with Gasteiger partial charge in [-0.05, 0) is 12.8 Å². The van der Waals surface area contributed by atoms with Crippen LogP contribution in [-0.4, -0.2) is 36.4 Å². The number of ether oxygens (including phenoxy) is 2. The van der Waals surface area contributed by atoms with Gasteiger partial charge in [-0.2, -0.15) is 0 Å². The van der Waals surface area contributed by atoms with Crippen LogP contribution in [0.2, 0.25) is 0 Å². The topological polar surface area (TPSA) is 72.8 Å². The summed E-state index contributed by atoms with van der Waals surface area (Å²) >= 11 is 0. The van der Waals surface area contributed by atoms with Crippen molar-refractivity contribution in [2.45, 2.75) is 283 Å². The maximum atomic E-state index is 12.2. The zero-order valence-electron chi connectivity index (χ0n) is 36.1. The van der Waals surface area contributed by atoms with E-state index in [9.17, 15) is 14.7 Å². The molecule has 5 heteroatoms. The summed E-state index contributed by atoms with van der Waals surface area (Å²) in [7, 11) is 0. The van der Waals surface area contributed by atoms with Crippen molar-refractivity contribution in [2.24, 2.45) is 0 Å². The quantitative estimate of drug-likeness (QED) is 0.0495. The lowest BCUT2D eigenvalue weighted by atomic mass is 10.0. The van der Waals surface area contributed by atoms with Crippen molar-refractivity contribution in [2.75, 3.05) is 13.2 Å². The Morgan fingerprint density at radius 3 is 0.830 bits per heavy atom. The molecule has 5 nitrogen and oxygen atoms in total. The molecule has 1 unspecified atom stereocenters. The summed E-state index contributed by atoms with van der Waals surface area (Å²) < 4.78 is 10.6. The maximum absolute atomic E-state index is 12.2. The fraction of sp³-hybridized carbons (Fsp3) is 0.958. The molecule has 0 radical (unpaired) electrons. The molecule has 53 heavy (non-hydrogen) atoms. The molecule has 0 aromatic carbocycles. The van der Waals surface area contributed by atoms with Crippen LogP contribution in [0.5, 0.6) is 0 Å². The van der Waals surface area contributed by atoms with E-state index in [4.69, 9.17) is 9.47 Å². The van der Waals surface area contributed by atoms with Gasteiger partial charge < -0.3 is 14.6 Å². The van der Waals surface area contributed by atoms with Gasteiger partial charge in [-0.15, -0.1) is 0 Å². The molecule has 0 rings (SSSR count). The Labute approximate surface area is 331 Å². The monoisotopic (exact) mass is 751 g/mol. The molecule has 0 saturated heterocycles. The first-order chi connectivity index (χ1) is 26.1. The summed E-state index contributed by atoms with van der Waals surface area (Å²) in [6, 6.07) is 0. The van der Waals surface area contributed by atoms with Crippen LogP contribution in [0.15, 0.2) is 0 Å². The van der Waals surface area contributed by atoms with Gasteiger partial charge in [0.2, 0.25) is 0 Å². The van der Waals surface area contributed by atoms with Crippen LogP contribution in [0.25, 0.3) is 0 Å². The fourth-order valence-corrected chi connectivity index (χ4v) is 7.50. The third-order valence-electron chi connectivity index (χ3n) is 11.2. The van der Waals surface area contributed by atoms with Crippen LogP contribution in [0, 0.1) is 0 Å². The summed E-state index contributed by atoms with van der Waals surface area (Å²) in [5.74, 6) is -0.581. The van der Waals surface area contributed by atoms with E-state index in [1.807, 2.05) is 0 Å². The highest BCUT2D eigenvalue weighted by molar-refractivity contribution is 5.70. The summed E-state index contributed by atoms with van der Waals surface area (Å²) in [5, 5.41) is 9.53. The zero-order valence-corrected chi connectivity index (χ0v) is 36.1. The number of carbonyl (C=O) groups excluding carboxylic acids is 2.